The molecule has 28 heavy (non-hydrogen) atoms. The first-order chi connectivity index (χ1) is 13.6. The van der Waals surface area contributed by atoms with Crippen molar-refractivity contribution in [2.75, 3.05) is 0 Å². The van der Waals surface area contributed by atoms with Crippen molar-refractivity contribution in [2.24, 2.45) is 5.73 Å². The molecule has 0 bridgehead atoms. The Hall–Kier alpha value is -3.44. The number of nitrogens with zero attached hydrogens (tertiary/aromatic N) is 2. The second-order valence-corrected chi connectivity index (χ2v) is 6.69. The highest BCUT2D eigenvalue weighted by Crippen LogP contribution is 2.37. The second kappa shape index (κ2) is 6.94. The lowest BCUT2D eigenvalue weighted by atomic mass is 9.85. The van der Waals surface area contributed by atoms with E-state index in [0.29, 0.717) is 23.4 Å². The zero-order chi connectivity index (χ0) is 19.7. The van der Waals surface area contributed by atoms with Crippen molar-refractivity contribution < 1.29 is 9.90 Å². The molecule has 4 rings (SSSR count). The molecule has 0 aliphatic heterocycles. The predicted molar refractivity (Wildman–Crippen MR) is 109 cm³/mol. The normalized spacial score (nSPS) is 11.6. The summed E-state index contributed by atoms with van der Waals surface area (Å²) in [7, 11) is 0. The average molecular weight is 371 g/mol. The number of nitrogens with two attached hydrogens (primary N) is 1. The van der Waals surface area contributed by atoms with E-state index >= 15 is 0 Å². The van der Waals surface area contributed by atoms with Gasteiger partial charge < -0.3 is 15.4 Å². The fourth-order valence-corrected chi connectivity index (χ4v) is 3.66. The molecular weight excluding hydrogens is 350 g/mol. The molecule has 3 aromatic carbocycles. The van der Waals surface area contributed by atoms with E-state index in [1.807, 2.05) is 72.2 Å². The Morgan fingerprint density at radius 2 is 1.57 bits per heavy atom. The quantitative estimate of drug-likeness (QED) is 0.564. The van der Waals surface area contributed by atoms with Crippen LogP contribution in [0.4, 0.5) is 0 Å². The van der Waals surface area contributed by atoms with Crippen LogP contribution in [0.3, 0.4) is 0 Å². The maximum absolute atomic E-state index is 12.0. The zero-order valence-electron chi connectivity index (χ0n) is 15.5. The number of hydrogen-bond donors (Lipinski definition) is 2. The van der Waals surface area contributed by atoms with Crippen molar-refractivity contribution in [3.63, 3.8) is 0 Å². The molecule has 0 saturated heterocycles. The molecule has 0 aliphatic rings. The molecule has 0 saturated carbocycles. The van der Waals surface area contributed by atoms with Crippen molar-refractivity contribution in [1.29, 1.82) is 0 Å². The third-order valence-corrected chi connectivity index (χ3v) is 5.06. The smallest absolute Gasteiger partial charge is 0.248 e. The third-order valence-electron chi connectivity index (χ3n) is 5.06. The van der Waals surface area contributed by atoms with Crippen LogP contribution in [0.2, 0.25) is 0 Å². The number of carbonyl (C=O) groups excluding carboxylic acids is 1. The molecule has 1 heterocycles. The Morgan fingerprint density at radius 1 is 1.00 bits per heavy atom. The van der Waals surface area contributed by atoms with Gasteiger partial charge in [0.1, 0.15) is 0 Å². The zero-order valence-corrected chi connectivity index (χ0v) is 15.5. The highest BCUT2D eigenvalue weighted by atomic mass is 16.3. The van der Waals surface area contributed by atoms with Gasteiger partial charge in [-0.05, 0) is 36.2 Å². The first-order valence-corrected chi connectivity index (χ1v) is 9.19. The largest absolute Gasteiger partial charge is 0.373 e. The van der Waals surface area contributed by atoms with Crippen molar-refractivity contribution in [3.8, 4) is 0 Å². The average Bonchev–Trinajstić information content (AvgIpc) is 3.12. The van der Waals surface area contributed by atoms with E-state index < -0.39 is 11.5 Å². The summed E-state index contributed by atoms with van der Waals surface area (Å²) in [4.78, 5) is 16.4. The van der Waals surface area contributed by atoms with E-state index in [1.54, 1.807) is 18.2 Å². The van der Waals surface area contributed by atoms with Gasteiger partial charge in [-0.3, -0.25) is 4.79 Å². The van der Waals surface area contributed by atoms with Crippen molar-refractivity contribution >= 4 is 16.9 Å². The van der Waals surface area contributed by atoms with Gasteiger partial charge >= 0.3 is 0 Å². The van der Waals surface area contributed by atoms with E-state index in [-0.39, 0.29) is 0 Å². The molecule has 0 unspecified atom stereocenters. The molecule has 4 aromatic rings. The van der Waals surface area contributed by atoms with E-state index in [2.05, 4.69) is 0 Å². The van der Waals surface area contributed by atoms with Crippen LogP contribution in [0.25, 0.3) is 11.0 Å². The van der Waals surface area contributed by atoms with Gasteiger partial charge in [0.15, 0.2) is 11.4 Å². The molecule has 0 spiro atoms. The maximum atomic E-state index is 12.0. The minimum atomic E-state index is -1.44. The van der Waals surface area contributed by atoms with Crippen LogP contribution in [0, 0.1) is 0 Å². The number of hydrogen-bond acceptors (Lipinski definition) is 3. The molecule has 0 atom stereocenters. The molecule has 0 aliphatic carbocycles. The molecule has 0 fully saturated rings. The first-order valence-electron chi connectivity index (χ1n) is 9.19. The lowest BCUT2D eigenvalue weighted by Crippen LogP contribution is -2.32. The predicted octanol–water partition coefficient (Wildman–Crippen LogP) is 3.44. The SMILES string of the molecule is CCn1c(C(O)(c2ccccc2)c2ccccc2)nc2ccc(C(N)=O)cc21. The van der Waals surface area contributed by atoms with Gasteiger partial charge in [-0.1, -0.05) is 60.7 Å². The first kappa shape index (κ1) is 17.9. The summed E-state index contributed by atoms with van der Waals surface area (Å²) in [5.74, 6) is 0.0118. The number of primary amides is 1. The number of aryl methyl sites for hydroxylation is 1. The number of carbonyl (C=O) groups is 1. The summed E-state index contributed by atoms with van der Waals surface area (Å²) in [6, 6.07) is 24.1. The highest BCUT2D eigenvalue weighted by Gasteiger charge is 2.38. The third kappa shape index (κ3) is 2.77. The number of amides is 1. The fourth-order valence-electron chi connectivity index (χ4n) is 3.66. The lowest BCUT2D eigenvalue weighted by Gasteiger charge is -2.29. The summed E-state index contributed by atoms with van der Waals surface area (Å²) >= 11 is 0. The number of fused-ring (bicyclic) bond motifs is 1. The van der Waals surface area contributed by atoms with Gasteiger partial charge in [-0.2, -0.15) is 0 Å². The molecule has 1 aromatic heterocycles. The fraction of sp³-hybridized carbons (Fsp3) is 0.130. The number of rotatable bonds is 5. The minimum Gasteiger partial charge on any atom is -0.373 e. The molecule has 5 nitrogen and oxygen atoms in total. The Morgan fingerprint density at radius 3 is 2.07 bits per heavy atom. The van der Waals surface area contributed by atoms with Gasteiger partial charge in [0.05, 0.1) is 11.0 Å². The van der Waals surface area contributed by atoms with Gasteiger partial charge in [-0.15, -0.1) is 0 Å². The summed E-state index contributed by atoms with van der Waals surface area (Å²) in [6.07, 6.45) is 0. The molecule has 5 heteroatoms. The van der Waals surface area contributed by atoms with Gasteiger partial charge in [-0.25, -0.2) is 4.98 Å². The van der Waals surface area contributed by atoms with Gasteiger partial charge in [0, 0.05) is 12.1 Å². The Bertz CT molecular complexity index is 1100. The van der Waals surface area contributed by atoms with E-state index in [0.717, 1.165) is 16.6 Å². The van der Waals surface area contributed by atoms with Crippen LogP contribution < -0.4 is 5.73 Å². The van der Waals surface area contributed by atoms with Crippen LogP contribution in [-0.4, -0.2) is 20.6 Å². The Balaban J connectivity index is 2.05. The van der Waals surface area contributed by atoms with Gasteiger partial charge in [0.2, 0.25) is 5.91 Å². The van der Waals surface area contributed by atoms with E-state index in [4.69, 9.17) is 10.7 Å². The topological polar surface area (TPSA) is 81.1 Å². The molecule has 0 radical (unpaired) electrons. The standard InChI is InChI=1S/C23H21N3O2/c1-2-26-20-15-16(21(24)27)13-14-19(20)25-22(26)23(28,17-9-5-3-6-10-17)18-11-7-4-8-12-18/h3-15,28H,2H2,1H3,(H2,24,27). The summed E-state index contributed by atoms with van der Waals surface area (Å²) in [5.41, 5.74) is 7.34. The highest BCUT2D eigenvalue weighted by molar-refractivity contribution is 5.96. The van der Waals surface area contributed by atoms with Crippen LogP contribution >= 0.6 is 0 Å². The molecule has 3 N–H and O–H groups in total. The number of aliphatic hydroxyl groups is 1. The van der Waals surface area contributed by atoms with Crippen molar-refractivity contribution in [1.82, 2.24) is 9.55 Å². The Kier molecular flexibility index (Phi) is 4.45. The minimum absolute atomic E-state index is 0.414. The van der Waals surface area contributed by atoms with Crippen LogP contribution in [0.15, 0.2) is 78.9 Å². The monoisotopic (exact) mass is 371 g/mol. The van der Waals surface area contributed by atoms with Crippen LogP contribution in [-0.2, 0) is 12.1 Å². The maximum Gasteiger partial charge on any atom is 0.248 e. The number of aromatic nitrogens is 2. The van der Waals surface area contributed by atoms with Crippen molar-refractivity contribution in [3.05, 3.63) is 101 Å². The molecular formula is C23H21N3O2. The summed E-state index contributed by atoms with van der Waals surface area (Å²) in [6.45, 7) is 2.56. The second-order valence-electron chi connectivity index (χ2n) is 6.69. The van der Waals surface area contributed by atoms with Gasteiger partial charge in [0.25, 0.3) is 0 Å². The number of benzene rings is 3. The Labute approximate surface area is 163 Å². The van der Waals surface area contributed by atoms with Crippen LogP contribution in [0.5, 0.6) is 0 Å². The summed E-state index contributed by atoms with van der Waals surface area (Å²) in [5, 5.41) is 12.0. The molecule has 1 amide bonds. The number of imidazole rings is 1. The van der Waals surface area contributed by atoms with E-state index in [1.165, 1.54) is 0 Å². The van der Waals surface area contributed by atoms with E-state index in [9.17, 15) is 9.90 Å². The molecule has 140 valence electrons. The van der Waals surface area contributed by atoms with Crippen LogP contribution in [0.1, 0.15) is 34.2 Å². The summed E-state index contributed by atoms with van der Waals surface area (Å²) < 4.78 is 1.93. The van der Waals surface area contributed by atoms with Crippen molar-refractivity contribution in [2.45, 2.75) is 19.1 Å². The lowest BCUT2D eigenvalue weighted by molar-refractivity contribution is 0.100.